The molecule has 186 valence electrons. The quantitative estimate of drug-likeness (QED) is 0.531. The summed E-state index contributed by atoms with van der Waals surface area (Å²) < 4.78 is 60.0. The van der Waals surface area contributed by atoms with Crippen molar-refractivity contribution in [3.05, 3.63) is 47.5 Å². The number of hydrogen-bond donors (Lipinski definition) is 2. The highest BCUT2D eigenvalue weighted by molar-refractivity contribution is 7.89. The number of likely N-dealkylation sites (N-methyl/N-ethyl adjacent to an activating group) is 1. The number of carbonyl (C=O) groups excluding carboxylic acids is 1. The highest BCUT2D eigenvalue weighted by atomic mass is 35.5. The summed E-state index contributed by atoms with van der Waals surface area (Å²) in [6.45, 7) is 3.51. The summed E-state index contributed by atoms with van der Waals surface area (Å²) in [4.78, 5) is 14.6. The van der Waals surface area contributed by atoms with Crippen molar-refractivity contribution in [1.82, 2.24) is 13.9 Å². The van der Waals surface area contributed by atoms with Crippen LogP contribution in [0.15, 0.2) is 52.3 Å². The molecule has 34 heavy (non-hydrogen) atoms. The predicted octanol–water partition coefficient (Wildman–Crippen LogP) is 1.59. The van der Waals surface area contributed by atoms with E-state index >= 15 is 0 Å². The largest absolute Gasteiger partial charge is 0.495 e. The van der Waals surface area contributed by atoms with Gasteiger partial charge in [0.25, 0.3) is 0 Å². The minimum absolute atomic E-state index is 0.0849. The van der Waals surface area contributed by atoms with Crippen LogP contribution in [0.2, 0.25) is 5.02 Å². The molecule has 0 aromatic heterocycles. The Balaban J connectivity index is 1.67. The summed E-state index contributed by atoms with van der Waals surface area (Å²) >= 11 is 5.91. The van der Waals surface area contributed by atoms with Crippen molar-refractivity contribution < 1.29 is 26.4 Å². The highest BCUT2D eigenvalue weighted by Gasteiger charge is 2.28. The van der Waals surface area contributed by atoms with Crippen molar-refractivity contribution in [3.63, 3.8) is 0 Å². The Kier molecular flexibility index (Phi) is 8.22. The first-order valence-corrected chi connectivity index (χ1v) is 13.7. The van der Waals surface area contributed by atoms with Gasteiger partial charge in [0.2, 0.25) is 26.0 Å². The minimum Gasteiger partial charge on any atom is -0.495 e. The fourth-order valence-electron chi connectivity index (χ4n) is 3.35. The lowest BCUT2D eigenvalue weighted by molar-refractivity contribution is -0.117. The first-order chi connectivity index (χ1) is 15.9. The average Bonchev–Trinajstić information content (AvgIpc) is 2.79. The third-order valence-corrected chi connectivity index (χ3v) is 9.07. The van der Waals surface area contributed by atoms with E-state index in [0.717, 1.165) is 0 Å². The molecule has 1 saturated heterocycles. The SMILES string of the molecule is COc1ccc(Cl)cc1S(=O)(=O)N[C@@H](C)C(=O)Nc1ccc(S(=O)(=O)N2CCN(C)CC2)cc1. The third-order valence-electron chi connectivity index (χ3n) is 5.36. The van der Waals surface area contributed by atoms with Gasteiger partial charge in [0.15, 0.2) is 0 Å². The topological polar surface area (TPSA) is 125 Å². The summed E-state index contributed by atoms with van der Waals surface area (Å²) in [5, 5.41) is 2.78. The fourth-order valence-corrected chi connectivity index (χ4v) is 6.41. The lowest BCUT2D eigenvalue weighted by Crippen LogP contribution is -2.47. The number of nitrogens with one attached hydrogen (secondary N) is 2. The Morgan fingerprint density at radius 2 is 1.65 bits per heavy atom. The Bertz CT molecular complexity index is 1240. The van der Waals surface area contributed by atoms with Crippen molar-refractivity contribution in [2.45, 2.75) is 22.8 Å². The molecule has 2 aromatic rings. The van der Waals surface area contributed by atoms with E-state index in [-0.39, 0.29) is 20.6 Å². The van der Waals surface area contributed by atoms with Gasteiger partial charge in [-0.05, 0) is 56.4 Å². The van der Waals surface area contributed by atoms with E-state index in [1.165, 1.54) is 60.8 Å². The van der Waals surface area contributed by atoms with E-state index in [9.17, 15) is 21.6 Å². The highest BCUT2D eigenvalue weighted by Crippen LogP contribution is 2.27. The van der Waals surface area contributed by atoms with E-state index in [1.54, 1.807) is 0 Å². The molecular weight excluding hydrogens is 504 g/mol. The Morgan fingerprint density at radius 3 is 2.24 bits per heavy atom. The molecule has 1 amide bonds. The number of anilines is 1. The standard InChI is InChI=1S/C21H27ClN4O6S2/c1-15(24-33(28,29)20-14-16(22)4-9-19(20)32-3)21(27)23-17-5-7-18(8-6-17)34(30,31)26-12-10-25(2)11-13-26/h4-9,14-15,24H,10-13H2,1-3H3,(H,23,27)/t15-/m0/s1. The zero-order valence-electron chi connectivity index (χ0n) is 19.0. The monoisotopic (exact) mass is 530 g/mol. The number of amides is 1. The average molecular weight is 531 g/mol. The molecule has 0 radical (unpaired) electrons. The van der Waals surface area contributed by atoms with Crippen LogP contribution in [-0.4, -0.2) is 78.3 Å². The van der Waals surface area contributed by atoms with Crippen LogP contribution in [0, 0.1) is 0 Å². The molecule has 1 heterocycles. The van der Waals surface area contributed by atoms with Gasteiger partial charge in [-0.15, -0.1) is 0 Å². The molecule has 1 fully saturated rings. The molecule has 0 unspecified atom stereocenters. The van der Waals surface area contributed by atoms with Crippen LogP contribution in [0.5, 0.6) is 5.75 Å². The Hall–Kier alpha value is -2.22. The molecule has 0 aliphatic carbocycles. The molecule has 3 rings (SSSR count). The van der Waals surface area contributed by atoms with Gasteiger partial charge in [-0.3, -0.25) is 4.79 Å². The van der Waals surface area contributed by atoms with Crippen molar-refractivity contribution in [2.75, 3.05) is 45.7 Å². The zero-order valence-corrected chi connectivity index (χ0v) is 21.4. The molecule has 1 aliphatic rings. The number of piperazine rings is 1. The van der Waals surface area contributed by atoms with E-state index < -0.39 is 32.0 Å². The van der Waals surface area contributed by atoms with Crippen molar-refractivity contribution in [2.24, 2.45) is 0 Å². The molecule has 1 aliphatic heterocycles. The number of halogens is 1. The van der Waals surface area contributed by atoms with Gasteiger partial charge in [-0.1, -0.05) is 11.6 Å². The number of methoxy groups -OCH3 is 1. The maximum Gasteiger partial charge on any atom is 0.245 e. The van der Waals surface area contributed by atoms with Crippen molar-refractivity contribution >= 4 is 43.2 Å². The van der Waals surface area contributed by atoms with Gasteiger partial charge in [-0.2, -0.15) is 9.03 Å². The summed E-state index contributed by atoms with van der Waals surface area (Å²) in [7, 11) is -4.48. The van der Waals surface area contributed by atoms with Gasteiger partial charge in [0.05, 0.1) is 18.0 Å². The third kappa shape index (κ3) is 6.06. The van der Waals surface area contributed by atoms with E-state index in [2.05, 4.69) is 14.9 Å². The fraction of sp³-hybridized carbons (Fsp3) is 0.381. The van der Waals surface area contributed by atoms with Crippen LogP contribution < -0.4 is 14.8 Å². The van der Waals surface area contributed by atoms with Crippen molar-refractivity contribution in [3.8, 4) is 5.75 Å². The molecule has 1 atom stereocenters. The number of sulfonamides is 2. The second kappa shape index (κ2) is 10.6. The second-order valence-electron chi connectivity index (χ2n) is 7.86. The second-order valence-corrected chi connectivity index (χ2v) is 11.9. The smallest absolute Gasteiger partial charge is 0.245 e. The Morgan fingerprint density at radius 1 is 1.03 bits per heavy atom. The van der Waals surface area contributed by atoms with Gasteiger partial charge in [0, 0.05) is 36.9 Å². The summed E-state index contributed by atoms with van der Waals surface area (Å²) in [5.74, 6) is -0.541. The maximum atomic E-state index is 12.8. The van der Waals surface area contributed by atoms with Gasteiger partial charge >= 0.3 is 0 Å². The van der Waals surface area contributed by atoms with Crippen LogP contribution in [0.3, 0.4) is 0 Å². The molecule has 2 aromatic carbocycles. The summed E-state index contributed by atoms with van der Waals surface area (Å²) in [5.41, 5.74) is 0.328. The number of hydrogen-bond acceptors (Lipinski definition) is 7. The molecule has 2 N–H and O–H groups in total. The zero-order chi connectivity index (χ0) is 25.1. The number of carbonyl (C=O) groups is 1. The number of benzene rings is 2. The number of ether oxygens (including phenoxy) is 1. The van der Waals surface area contributed by atoms with Gasteiger partial charge in [-0.25, -0.2) is 16.8 Å². The molecule has 0 spiro atoms. The van der Waals surface area contributed by atoms with Crippen LogP contribution >= 0.6 is 11.6 Å². The van der Waals surface area contributed by atoms with Gasteiger partial charge < -0.3 is 15.0 Å². The molecule has 13 heteroatoms. The van der Waals surface area contributed by atoms with Crippen molar-refractivity contribution in [1.29, 1.82) is 0 Å². The van der Waals surface area contributed by atoms with E-state index in [4.69, 9.17) is 16.3 Å². The van der Waals surface area contributed by atoms with Crippen LogP contribution in [-0.2, 0) is 24.8 Å². The molecular formula is C21H27ClN4O6S2. The Labute approximate surface area is 204 Å². The van der Waals surface area contributed by atoms with E-state index in [0.29, 0.717) is 31.9 Å². The normalized spacial score (nSPS) is 16.7. The first-order valence-electron chi connectivity index (χ1n) is 10.4. The first kappa shape index (κ1) is 26.4. The predicted molar refractivity (Wildman–Crippen MR) is 129 cm³/mol. The van der Waals surface area contributed by atoms with Gasteiger partial charge in [0.1, 0.15) is 10.6 Å². The lowest BCUT2D eigenvalue weighted by atomic mass is 10.3. The summed E-state index contributed by atoms with van der Waals surface area (Å²) in [6.07, 6.45) is 0. The van der Waals surface area contributed by atoms with E-state index in [1.807, 2.05) is 7.05 Å². The lowest BCUT2D eigenvalue weighted by Gasteiger charge is -2.31. The molecule has 0 saturated carbocycles. The number of rotatable bonds is 8. The molecule has 10 nitrogen and oxygen atoms in total. The minimum atomic E-state index is -4.11. The maximum absolute atomic E-state index is 12.8. The number of nitrogens with zero attached hydrogens (tertiary/aromatic N) is 2. The van der Waals surface area contributed by atoms with Crippen LogP contribution in [0.1, 0.15) is 6.92 Å². The molecule has 0 bridgehead atoms. The van der Waals surface area contributed by atoms with Crippen LogP contribution in [0.4, 0.5) is 5.69 Å². The summed E-state index contributed by atoms with van der Waals surface area (Å²) in [6, 6.07) is 8.74. The van der Waals surface area contributed by atoms with Crippen LogP contribution in [0.25, 0.3) is 0 Å².